The summed E-state index contributed by atoms with van der Waals surface area (Å²) in [7, 11) is 0. The second-order valence-corrected chi connectivity index (χ2v) is 5.13. The Balaban J connectivity index is 1.82. The van der Waals surface area contributed by atoms with E-state index in [4.69, 9.17) is 0 Å². The molecule has 0 bridgehead atoms. The topological polar surface area (TPSA) is 41.1 Å². The van der Waals surface area contributed by atoms with Crippen LogP contribution in [0.2, 0.25) is 0 Å². The molecule has 3 nitrogen and oxygen atoms in total. The zero-order valence-corrected chi connectivity index (χ0v) is 12.6. The summed E-state index contributed by atoms with van der Waals surface area (Å²) in [6, 6.07) is 16.2. The molecule has 110 valence electrons. The second-order valence-electron chi connectivity index (χ2n) is 5.13. The van der Waals surface area contributed by atoms with Gasteiger partial charge in [0.25, 0.3) is 0 Å². The fourth-order valence-corrected chi connectivity index (χ4v) is 2.26. The molecule has 1 amide bonds. The van der Waals surface area contributed by atoms with Crippen LogP contribution in [0.1, 0.15) is 23.6 Å². The van der Waals surface area contributed by atoms with Crippen molar-refractivity contribution in [1.29, 1.82) is 0 Å². The number of carbonyl (C=O) groups is 1. The van der Waals surface area contributed by atoms with E-state index in [0.29, 0.717) is 13.1 Å². The number of hydrogen-bond acceptors (Lipinski definition) is 2. The van der Waals surface area contributed by atoms with E-state index < -0.39 is 0 Å². The molecular formula is C18H22N2O. The molecule has 2 rings (SSSR count). The van der Waals surface area contributed by atoms with Gasteiger partial charge in [-0.3, -0.25) is 4.79 Å². The fourth-order valence-electron chi connectivity index (χ4n) is 2.26. The maximum Gasteiger partial charge on any atom is 0.239 e. The number of nitrogens with one attached hydrogen (secondary N) is 2. The highest BCUT2D eigenvalue weighted by Crippen LogP contribution is 2.14. The van der Waals surface area contributed by atoms with Crippen molar-refractivity contribution in [2.24, 2.45) is 0 Å². The summed E-state index contributed by atoms with van der Waals surface area (Å²) in [4.78, 5) is 11.9. The molecule has 0 aliphatic rings. The maximum atomic E-state index is 11.9. The van der Waals surface area contributed by atoms with E-state index in [1.807, 2.05) is 30.3 Å². The zero-order chi connectivity index (χ0) is 15.1. The summed E-state index contributed by atoms with van der Waals surface area (Å²) in [6.45, 7) is 5.02. The molecule has 0 spiro atoms. The van der Waals surface area contributed by atoms with Crippen molar-refractivity contribution in [2.75, 3.05) is 11.9 Å². The monoisotopic (exact) mass is 282 g/mol. The van der Waals surface area contributed by atoms with Gasteiger partial charge in [0.1, 0.15) is 0 Å². The smallest absolute Gasteiger partial charge is 0.239 e. The van der Waals surface area contributed by atoms with Crippen LogP contribution < -0.4 is 10.6 Å². The highest BCUT2D eigenvalue weighted by atomic mass is 16.1. The first-order chi connectivity index (χ1) is 10.2. The minimum absolute atomic E-state index is 0.00223. The predicted molar refractivity (Wildman–Crippen MR) is 87.3 cm³/mol. The Morgan fingerprint density at radius 3 is 2.67 bits per heavy atom. The Labute approximate surface area is 126 Å². The van der Waals surface area contributed by atoms with Gasteiger partial charge in [0.2, 0.25) is 5.91 Å². The minimum Gasteiger partial charge on any atom is -0.376 e. The van der Waals surface area contributed by atoms with Crippen LogP contribution in [0, 0.1) is 6.92 Å². The normalized spacial score (nSPS) is 10.2. The van der Waals surface area contributed by atoms with Gasteiger partial charge in [-0.2, -0.15) is 0 Å². The molecule has 0 saturated carbocycles. The minimum atomic E-state index is 0.00223. The average Bonchev–Trinajstić information content (AvgIpc) is 2.51. The number of rotatable bonds is 6. The van der Waals surface area contributed by atoms with Crippen LogP contribution in [0.15, 0.2) is 48.5 Å². The Morgan fingerprint density at radius 2 is 1.90 bits per heavy atom. The number of para-hydroxylation sites is 1. The predicted octanol–water partition coefficient (Wildman–Crippen LogP) is 3.29. The molecule has 0 atom stereocenters. The van der Waals surface area contributed by atoms with E-state index in [1.54, 1.807) is 0 Å². The lowest BCUT2D eigenvalue weighted by molar-refractivity contribution is -0.119. The Kier molecular flexibility index (Phi) is 5.38. The van der Waals surface area contributed by atoms with Crippen molar-refractivity contribution in [3.05, 3.63) is 65.2 Å². The van der Waals surface area contributed by atoms with Crippen molar-refractivity contribution in [3.63, 3.8) is 0 Å². The molecule has 2 N–H and O–H groups in total. The molecule has 2 aromatic rings. The Bertz CT molecular complexity index is 608. The number of hydrogen-bond donors (Lipinski definition) is 2. The third-order valence-electron chi connectivity index (χ3n) is 3.41. The average molecular weight is 282 g/mol. The first-order valence-electron chi connectivity index (χ1n) is 7.33. The number of amides is 1. The van der Waals surface area contributed by atoms with E-state index in [0.717, 1.165) is 17.7 Å². The van der Waals surface area contributed by atoms with Crippen LogP contribution in [-0.2, 0) is 17.8 Å². The first kappa shape index (κ1) is 15.1. The highest BCUT2D eigenvalue weighted by molar-refractivity contribution is 5.80. The molecule has 3 heteroatoms. The lowest BCUT2D eigenvalue weighted by Crippen LogP contribution is -2.29. The number of benzene rings is 2. The number of aryl methyl sites for hydroxylation is 2. The highest BCUT2D eigenvalue weighted by Gasteiger charge is 2.03. The van der Waals surface area contributed by atoms with Gasteiger partial charge < -0.3 is 10.6 Å². The Morgan fingerprint density at radius 1 is 1.10 bits per heavy atom. The fraction of sp³-hybridized carbons (Fsp3) is 0.278. The van der Waals surface area contributed by atoms with Crippen LogP contribution in [0.25, 0.3) is 0 Å². The lowest BCUT2D eigenvalue weighted by atomic mass is 10.1. The van der Waals surface area contributed by atoms with Gasteiger partial charge >= 0.3 is 0 Å². The van der Waals surface area contributed by atoms with Crippen molar-refractivity contribution < 1.29 is 4.79 Å². The Hall–Kier alpha value is -2.29. The number of carbonyl (C=O) groups excluding carboxylic acids is 1. The summed E-state index contributed by atoms with van der Waals surface area (Å²) in [5, 5.41) is 6.13. The standard InChI is InChI=1S/C18H22N2O/c1-3-16-9-4-5-10-17(16)19-13-18(21)20-12-15-8-6-7-14(2)11-15/h4-11,19H,3,12-13H2,1-2H3,(H,20,21). The summed E-state index contributed by atoms with van der Waals surface area (Å²) in [5.74, 6) is 0.00223. The molecule has 0 radical (unpaired) electrons. The molecule has 21 heavy (non-hydrogen) atoms. The molecule has 0 aliphatic heterocycles. The maximum absolute atomic E-state index is 11.9. The van der Waals surface area contributed by atoms with Gasteiger partial charge in [-0.15, -0.1) is 0 Å². The van der Waals surface area contributed by atoms with Crippen LogP contribution in [0.5, 0.6) is 0 Å². The SMILES string of the molecule is CCc1ccccc1NCC(=O)NCc1cccc(C)c1. The van der Waals surface area contributed by atoms with Crippen LogP contribution >= 0.6 is 0 Å². The van der Waals surface area contributed by atoms with Crippen LogP contribution in [0.4, 0.5) is 5.69 Å². The summed E-state index contributed by atoms with van der Waals surface area (Å²) < 4.78 is 0. The van der Waals surface area contributed by atoms with Crippen LogP contribution in [-0.4, -0.2) is 12.5 Å². The molecule has 0 unspecified atom stereocenters. The molecule has 0 saturated heterocycles. The third-order valence-corrected chi connectivity index (χ3v) is 3.41. The summed E-state index contributed by atoms with van der Waals surface area (Å²) in [5.41, 5.74) is 4.59. The molecule has 2 aromatic carbocycles. The van der Waals surface area contributed by atoms with Crippen LogP contribution in [0.3, 0.4) is 0 Å². The van der Waals surface area contributed by atoms with E-state index in [2.05, 4.69) is 42.7 Å². The summed E-state index contributed by atoms with van der Waals surface area (Å²) >= 11 is 0. The van der Waals surface area contributed by atoms with Crippen molar-refractivity contribution in [2.45, 2.75) is 26.8 Å². The second kappa shape index (κ2) is 7.48. The van der Waals surface area contributed by atoms with E-state index in [1.165, 1.54) is 11.1 Å². The van der Waals surface area contributed by atoms with E-state index >= 15 is 0 Å². The molecule has 0 heterocycles. The molecule has 0 aromatic heterocycles. The van der Waals surface area contributed by atoms with E-state index in [9.17, 15) is 4.79 Å². The van der Waals surface area contributed by atoms with Gasteiger partial charge in [0.15, 0.2) is 0 Å². The van der Waals surface area contributed by atoms with Gasteiger partial charge in [-0.05, 0) is 30.5 Å². The van der Waals surface area contributed by atoms with Gasteiger partial charge in [0.05, 0.1) is 6.54 Å². The molecule has 0 fully saturated rings. The lowest BCUT2D eigenvalue weighted by Gasteiger charge is -2.11. The summed E-state index contributed by atoms with van der Waals surface area (Å²) in [6.07, 6.45) is 0.952. The molecule has 0 aliphatic carbocycles. The number of anilines is 1. The molecular weight excluding hydrogens is 260 g/mol. The largest absolute Gasteiger partial charge is 0.376 e. The van der Waals surface area contributed by atoms with Crippen molar-refractivity contribution >= 4 is 11.6 Å². The third kappa shape index (κ3) is 4.63. The first-order valence-corrected chi connectivity index (χ1v) is 7.33. The van der Waals surface area contributed by atoms with Gasteiger partial charge in [-0.1, -0.05) is 55.0 Å². The van der Waals surface area contributed by atoms with Crippen molar-refractivity contribution in [1.82, 2.24) is 5.32 Å². The zero-order valence-electron chi connectivity index (χ0n) is 12.6. The van der Waals surface area contributed by atoms with Gasteiger partial charge in [0, 0.05) is 12.2 Å². The quantitative estimate of drug-likeness (QED) is 0.853. The van der Waals surface area contributed by atoms with E-state index in [-0.39, 0.29) is 5.91 Å². The van der Waals surface area contributed by atoms with Crippen molar-refractivity contribution in [3.8, 4) is 0 Å². The van der Waals surface area contributed by atoms with Gasteiger partial charge in [-0.25, -0.2) is 0 Å².